The number of hydrogen-bond acceptors (Lipinski definition) is 4. The highest BCUT2D eigenvalue weighted by Crippen LogP contribution is 2.32. The number of primary amides is 1. The molecule has 2 heterocycles. The summed E-state index contributed by atoms with van der Waals surface area (Å²) >= 11 is 6.28. The van der Waals surface area contributed by atoms with Crippen molar-refractivity contribution in [3.63, 3.8) is 0 Å². The smallest absolute Gasteiger partial charge is 0.422 e. The summed E-state index contributed by atoms with van der Waals surface area (Å²) in [5.41, 5.74) is 6.88. The number of anilines is 1. The molecule has 1 fully saturated rings. The van der Waals surface area contributed by atoms with Gasteiger partial charge in [0.25, 0.3) is 5.91 Å². The Balaban J connectivity index is 1.61. The lowest BCUT2D eigenvalue weighted by atomic mass is 10.1. The molecule has 0 aliphatic carbocycles. The maximum atomic E-state index is 13.6. The summed E-state index contributed by atoms with van der Waals surface area (Å²) in [7, 11) is 0. The van der Waals surface area contributed by atoms with Gasteiger partial charge in [-0.1, -0.05) is 29.8 Å². The van der Waals surface area contributed by atoms with Crippen LogP contribution >= 0.6 is 11.6 Å². The maximum absolute atomic E-state index is 13.6. The van der Waals surface area contributed by atoms with Gasteiger partial charge < -0.3 is 25.2 Å². The standard InChI is InChI=1S/C25H26ClF3N4O4/c1-15-12-33(23(35)18-9-8-17(11-19(18)26)37-14-25(27,28)29)20-6-3-2-5-16(20)13-32(15)24(36)31-10-4-7-21(31)22(30)34/h2-3,5-6,8-9,11,15,21H,4,7,10,12-14H2,1H3,(H2,30,34)/t15-,21+/m1/s1. The zero-order valence-corrected chi connectivity index (χ0v) is 20.8. The number of rotatable bonds is 4. The summed E-state index contributed by atoms with van der Waals surface area (Å²) in [5, 5.41) is -0.0617. The van der Waals surface area contributed by atoms with Crippen LogP contribution in [0.1, 0.15) is 35.7 Å². The average molecular weight is 539 g/mol. The van der Waals surface area contributed by atoms with Crippen LogP contribution in [0.5, 0.6) is 5.75 Å². The first-order valence-electron chi connectivity index (χ1n) is 11.7. The first-order valence-corrected chi connectivity index (χ1v) is 12.1. The lowest BCUT2D eigenvalue weighted by molar-refractivity contribution is -0.153. The summed E-state index contributed by atoms with van der Waals surface area (Å²) in [6.45, 7) is 1.07. The monoisotopic (exact) mass is 538 g/mol. The number of carbonyl (C=O) groups is 3. The molecular weight excluding hydrogens is 513 g/mol. The van der Waals surface area contributed by atoms with Crippen molar-refractivity contribution in [3.8, 4) is 5.75 Å². The number of likely N-dealkylation sites (tertiary alicyclic amines) is 1. The topological polar surface area (TPSA) is 96.2 Å². The number of fused-ring (bicyclic) bond motifs is 1. The number of alkyl halides is 3. The number of benzene rings is 2. The quantitative estimate of drug-likeness (QED) is 0.631. The third kappa shape index (κ3) is 5.76. The van der Waals surface area contributed by atoms with Gasteiger partial charge in [0, 0.05) is 31.4 Å². The highest BCUT2D eigenvalue weighted by molar-refractivity contribution is 6.34. The first-order chi connectivity index (χ1) is 17.5. The van der Waals surface area contributed by atoms with Crippen LogP contribution in [-0.4, -0.2) is 65.6 Å². The van der Waals surface area contributed by atoms with Crippen molar-refractivity contribution in [1.29, 1.82) is 0 Å². The minimum Gasteiger partial charge on any atom is -0.484 e. The Hall–Kier alpha value is -3.47. The minimum absolute atomic E-state index is 0.0617. The molecule has 0 saturated carbocycles. The lowest BCUT2D eigenvalue weighted by Crippen LogP contribution is -2.53. The van der Waals surface area contributed by atoms with Crippen LogP contribution in [0.3, 0.4) is 0 Å². The van der Waals surface area contributed by atoms with Crippen molar-refractivity contribution in [2.24, 2.45) is 5.73 Å². The van der Waals surface area contributed by atoms with Crippen molar-refractivity contribution in [2.45, 2.75) is 44.6 Å². The Morgan fingerprint density at radius 2 is 1.86 bits per heavy atom. The second-order valence-electron chi connectivity index (χ2n) is 9.10. The molecule has 1 saturated heterocycles. The molecule has 198 valence electrons. The third-order valence-electron chi connectivity index (χ3n) is 6.49. The molecule has 0 aromatic heterocycles. The Bertz CT molecular complexity index is 1210. The molecule has 2 N–H and O–H groups in total. The summed E-state index contributed by atoms with van der Waals surface area (Å²) < 4.78 is 42.2. The van der Waals surface area contributed by atoms with Gasteiger partial charge in [0.2, 0.25) is 5.91 Å². The van der Waals surface area contributed by atoms with Crippen LogP contribution in [-0.2, 0) is 11.3 Å². The number of carbonyl (C=O) groups excluding carboxylic acids is 3. The number of nitrogens with two attached hydrogens (primary N) is 1. The number of halogens is 4. The number of para-hydroxylation sites is 1. The fraction of sp³-hybridized carbons (Fsp3) is 0.400. The van der Waals surface area contributed by atoms with Crippen molar-refractivity contribution in [2.75, 3.05) is 24.6 Å². The van der Waals surface area contributed by atoms with Gasteiger partial charge in [-0.05, 0) is 49.6 Å². The van der Waals surface area contributed by atoms with Crippen molar-refractivity contribution in [1.82, 2.24) is 9.80 Å². The van der Waals surface area contributed by atoms with Gasteiger partial charge in [-0.25, -0.2) is 4.79 Å². The molecule has 4 rings (SSSR count). The van der Waals surface area contributed by atoms with Crippen molar-refractivity contribution in [3.05, 3.63) is 58.6 Å². The molecule has 2 aromatic carbocycles. The highest BCUT2D eigenvalue weighted by atomic mass is 35.5. The Kier molecular flexibility index (Phi) is 7.54. The second kappa shape index (κ2) is 10.5. The molecule has 12 heteroatoms. The van der Waals surface area contributed by atoms with Gasteiger partial charge in [-0.3, -0.25) is 9.59 Å². The predicted molar refractivity (Wildman–Crippen MR) is 130 cm³/mol. The number of urea groups is 1. The molecule has 2 aromatic rings. The number of amides is 4. The highest BCUT2D eigenvalue weighted by Gasteiger charge is 2.39. The van der Waals surface area contributed by atoms with Gasteiger partial charge in [-0.2, -0.15) is 13.2 Å². The Morgan fingerprint density at radius 3 is 2.54 bits per heavy atom. The Labute approximate surface area is 216 Å². The number of hydrogen-bond donors (Lipinski definition) is 1. The molecule has 37 heavy (non-hydrogen) atoms. The average Bonchev–Trinajstić information content (AvgIpc) is 3.29. The van der Waals surface area contributed by atoms with Gasteiger partial charge in [0.05, 0.1) is 10.6 Å². The van der Waals surface area contributed by atoms with Gasteiger partial charge in [0.15, 0.2) is 6.61 Å². The van der Waals surface area contributed by atoms with E-state index < -0.39 is 36.7 Å². The molecule has 0 radical (unpaired) electrons. The van der Waals surface area contributed by atoms with Crippen LogP contribution < -0.4 is 15.4 Å². The first kappa shape index (κ1) is 26.6. The van der Waals surface area contributed by atoms with E-state index in [9.17, 15) is 27.6 Å². The molecule has 2 aliphatic heterocycles. The van der Waals surface area contributed by atoms with Crippen molar-refractivity contribution < 1.29 is 32.3 Å². The van der Waals surface area contributed by atoms with E-state index in [0.29, 0.717) is 30.6 Å². The van der Waals surface area contributed by atoms with Gasteiger partial charge in [0.1, 0.15) is 11.8 Å². The normalized spacial score (nSPS) is 19.9. The predicted octanol–water partition coefficient (Wildman–Crippen LogP) is 4.20. The van der Waals surface area contributed by atoms with E-state index in [1.165, 1.54) is 28.0 Å². The van der Waals surface area contributed by atoms with E-state index in [4.69, 9.17) is 22.1 Å². The van der Waals surface area contributed by atoms with E-state index in [1.54, 1.807) is 36.1 Å². The van der Waals surface area contributed by atoms with E-state index in [1.807, 2.05) is 0 Å². The second-order valence-corrected chi connectivity index (χ2v) is 9.51. The van der Waals surface area contributed by atoms with E-state index in [-0.39, 0.29) is 35.5 Å². The fourth-order valence-electron chi connectivity index (χ4n) is 4.68. The maximum Gasteiger partial charge on any atom is 0.422 e. The zero-order valence-electron chi connectivity index (χ0n) is 20.0. The van der Waals surface area contributed by atoms with Crippen molar-refractivity contribution >= 4 is 35.1 Å². The van der Waals surface area contributed by atoms with Crippen LogP contribution in [0, 0.1) is 0 Å². The molecule has 2 atom stereocenters. The molecule has 8 nitrogen and oxygen atoms in total. The minimum atomic E-state index is -4.51. The van der Waals surface area contributed by atoms with Gasteiger partial charge in [-0.15, -0.1) is 0 Å². The van der Waals surface area contributed by atoms with Crippen LogP contribution in [0.2, 0.25) is 5.02 Å². The SMILES string of the molecule is C[C@@H]1CN(C(=O)c2ccc(OCC(F)(F)F)cc2Cl)c2ccccc2CN1C(=O)N1CCC[C@H]1C(N)=O. The zero-order chi connectivity index (χ0) is 26.9. The fourth-order valence-corrected chi connectivity index (χ4v) is 4.93. The van der Waals surface area contributed by atoms with Crippen LogP contribution in [0.4, 0.5) is 23.7 Å². The molecular formula is C25H26ClF3N4O4. The van der Waals surface area contributed by atoms with E-state index in [2.05, 4.69) is 0 Å². The summed E-state index contributed by atoms with van der Waals surface area (Å²) in [6.07, 6.45) is -3.34. The van der Waals surface area contributed by atoms with Crippen LogP contribution in [0.15, 0.2) is 42.5 Å². The number of nitrogens with zero attached hydrogens (tertiary/aromatic N) is 3. The third-order valence-corrected chi connectivity index (χ3v) is 6.81. The lowest BCUT2D eigenvalue weighted by Gasteiger charge is -2.34. The molecule has 0 spiro atoms. The summed E-state index contributed by atoms with van der Waals surface area (Å²) in [5.74, 6) is -1.14. The van der Waals surface area contributed by atoms with Crippen LogP contribution in [0.25, 0.3) is 0 Å². The molecule has 0 unspecified atom stereocenters. The largest absolute Gasteiger partial charge is 0.484 e. The number of ether oxygens (including phenoxy) is 1. The van der Waals surface area contributed by atoms with Gasteiger partial charge >= 0.3 is 12.2 Å². The van der Waals surface area contributed by atoms with E-state index >= 15 is 0 Å². The summed E-state index contributed by atoms with van der Waals surface area (Å²) in [6, 6.07) is 9.42. The molecule has 0 bridgehead atoms. The van der Waals surface area contributed by atoms with E-state index in [0.717, 1.165) is 0 Å². The Morgan fingerprint density at radius 1 is 1.14 bits per heavy atom. The summed E-state index contributed by atoms with van der Waals surface area (Å²) in [4.78, 5) is 43.6. The molecule has 4 amide bonds. The molecule has 2 aliphatic rings.